The van der Waals surface area contributed by atoms with E-state index in [1.54, 1.807) is 12.3 Å². The Kier molecular flexibility index (Phi) is 5.03. The Balaban J connectivity index is 2.47. The van der Waals surface area contributed by atoms with Crippen molar-refractivity contribution in [3.8, 4) is 5.88 Å². The molecule has 0 spiro atoms. The average molecular weight is 364 g/mol. The molecule has 0 radical (unpaired) electrons. The highest BCUT2D eigenvalue weighted by Crippen LogP contribution is 2.30. The van der Waals surface area contributed by atoms with Gasteiger partial charge in [-0.1, -0.05) is 26.8 Å². The normalized spacial score (nSPS) is 11.8. The number of aromatic carboxylic acids is 1. The van der Waals surface area contributed by atoms with E-state index in [-0.39, 0.29) is 27.4 Å². The van der Waals surface area contributed by atoms with Gasteiger partial charge in [0.15, 0.2) is 0 Å². The zero-order valence-corrected chi connectivity index (χ0v) is 15.2. The molecule has 0 atom stereocenters. The summed E-state index contributed by atoms with van der Waals surface area (Å²) >= 11 is 0. The van der Waals surface area contributed by atoms with E-state index in [9.17, 15) is 13.2 Å². The lowest BCUT2D eigenvalue weighted by Crippen LogP contribution is -2.17. The van der Waals surface area contributed by atoms with Crippen molar-refractivity contribution in [1.82, 2.24) is 4.98 Å². The second-order valence-electron chi connectivity index (χ2n) is 6.47. The van der Waals surface area contributed by atoms with Crippen molar-refractivity contribution in [2.45, 2.75) is 31.1 Å². The van der Waals surface area contributed by atoms with Crippen LogP contribution in [0, 0.1) is 0 Å². The van der Waals surface area contributed by atoms with Gasteiger partial charge in [-0.05, 0) is 35.2 Å². The molecule has 0 amide bonds. The maximum absolute atomic E-state index is 12.6. The third kappa shape index (κ3) is 4.27. The highest BCUT2D eigenvalue weighted by atomic mass is 32.2. The Hall–Kier alpha value is -2.61. The molecule has 134 valence electrons. The fourth-order valence-electron chi connectivity index (χ4n) is 2.10. The number of pyridine rings is 1. The quantitative estimate of drug-likeness (QED) is 0.845. The Morgan fingerprint density at radius 3 is 2.48 bits per heavy atom. The number of rotatable bonds is 5. The molecule has 0 fully saturated rings. The number of benzene rings is 1. The highest BCUT2D eigenvalue weighted by Gasteiger charge is 2.22. The van der Waals surface area contributed by atoms with Crippen molar-refractivity contribution in [3.63, 3.8) is 0 Å². The van der Waals surface area contributed by atoms with Crippen LogP contribution >= 0.6 is 0 Å². The predicted octanol–water partition coefficient (Wildman–Crippen LogP) is 2.89. The summed E-state index contributed by atoms with van der Waals surface area (Å²) < 4.78 is 32.8. The molecule has 0 saturated heterocycles. The van der Waals surface area contributed by atoms with Gasteiger partial charge in [0.2, 0.25) is 5.88 Å². The van der Waals surface area contributed by atoms with Crippen LogP contribution in [-0.2, 0) is 15.4 Å². The van der Waals surface area contributed by atoms with E-state index in [4.69, 9.17) is 9.84 Å². The molecular formula is C17H20N2O5S. The van der Waals surface area contributed by atoms with E-state index < -0.39 is 16.0 Å². The van der Waals surface area contributed by atoms with E-state index in [1.807, 2.05) is 20.8 Å². The van der Waals surface area contributed by atoms with Gasteiger partial charge in [0.05, 0.1) is 17.6 Å². The molecule has 0 aliphatic rings. The number of carboxylic acids is 1. The third-order valence-electron chi connectivity index (χ3n) is 3.55. The molecule has 1 aromatic heterocycles. The maximum Gasteiger partial charge on any atom is 0.335 e. The van der Waals surface area contributed by atoms with Crippen LogP contribution in [0.25, 0.3) is 0 Å². The highest BCUT2D eigenvalue weighted by molar-refractivity contribution is 7.92. The number of hydrogen-bond acceptors (Lipinski definition) is 5. The van der Waals surface area contributed by atoms with Crippen molar-refractivity contribution in [3.05, 3.63) is 47.7 Å². The van der Waals surface area contributed by atoms with Gasteiger partial charge in [-0.25, -0.2) is 18.2 Å². The molecule has 7 nitrogen and oxygen atoms in total. The molecule has 0 aliphatic heterocycles. The first-order valence-corrected chi connectivity index (χ1v) is 8.93. The number of nitrogens with one attached hydrogen (secondary N) is 1. The summed E-state index contributed by atoms with van der Waals surface area (Å²) in [6.45, 7) is 5.93. The lowest BCUT2D eigenvalue weighted by atomic mass is 9.88. The second kappa shape index (κ2) is 6.72. The second-order valence-corrected chi connectivity index (χ2v) is 8.15. The predicted molar refractivity (Wildman–Crippen MR) is 93.7 cm³/mol. The van der Waals surface area contributed by atoms with Crippen LogP contribution in [0.4, 0.5) is 5.69 Å². The Morgan fingerprint density at radius 2 is 1.92 bits per heavy atom. The van der Waals surface area contributed by atoms with Gasteiger partial charge in [0.25, 0.3) is 10.0 Å². The van der Waals surface area contributed by atoms with E-state index in [0.29, 0.717) is 0 Å². The van der Waals surface area contributed by atoms with Gasteiger partial charge >= 0.3 is 5.97 Å². The summed E-state index contributed by atoms with van der Waals surface area (Å²) in [6.07, 6.45) is 1.63. The van der Waals surface area contributed by atoms with Gasteiger partial charge in [0, 0.05) is 6.20 Å². The maximum atomic E-state index is 12.6. The van der Waals surface area contributed by atoms with Crippen molar-refractivity contribution < 1.29 is 23.1 Å². The summed E-state index contributed by atoms with van der Waals surface area (Å²) in [6, 6.07) is 6.77. The zero-order chi connectivity index (χ0) is 18.8. The third-order valence-corrected chi connectivity index (χ3v) is 4.91. The summed E-state index contributed by atoms with van der Waals surface area (Å²) in [5, 5.41) is 9.03. The number of ether oxygens (including phenoxy) is 1. The van der Waals surface area contributed by atoms with Gasteiger partial charge in [-0.15, -0.1) is 0 Å². The number of aromatic nitrogens is 1. The van der Waals surface area contributed by atoms with Gasteiger partial charge in [-0.2, -0.15) is 0 Å². The topological polar surface area (TPSA) is 106 Å². The van der Waals surface area contributed by atoms with Crippen LogP contribution in [0.5, 0.6) is 5.88 Å². The van der Waals surface area contributed by atoms with Crippen LogP contribution in [0.2, 0.25) is 0 Å². The lowest BCUT2D eigenvalue weighted by molar-refractivity contribution is 0.0696. The van der Waals surface area contributed by atoms with Crippen molar-refractivity contribution in [2.75, 3.05) is 11.8 Å². The van der Waals surface area contributed by atoms with Crippen molar-refractivity contribution in [1.29, 1.82) is 0 Å². The number of nitrogens with zero attached hydrogens (tertiary/aromatic N) is 1. The number of hydrogen-bond donors (Lipinski definition) is 2. The molecule has 0 aliphatic carbocycles. The Morgan fingerprint density at radius 1 is 1.24 bits per heavy atom. The smallest absolute Gasteiger partial charge is 0.335 e. The van der Waals surface area contributed by atoms with Crippen LogP contribution in [0.15, 0.2) is 41.4 Å². The largest absolute Gasteiger partial charge is 0.480 e. The van der Waals surface area contributed by atoms with Crippen LogP contribution in [0.1, 0.15) is 36.7 Å². The van der Waals surface area contributed by atoms with Gasteiger partial charge in [-0.3, -0.25) is 4.72 Å². The van der Waals surface area contributed by atoms with Gasteiger partial charge < -0.3 is 9.84 Å². The molecule has 8 heteroatoms. The number of carbonyl (C=O) groups is 1. The number of sulfonamides is 1. The van der Waals surface area contributed by atoms with E-state index in [1.165, 1.54) is 25.3 Å². The van der Waals surface area contributed by atoms with E-state index >= 15 is 0 Å². The monoisotopic (exact) mass is 364 g/mol. The lowest BCUT2D eigenvalue weighted by Gasteiger charge is -2.20. The molecule has 2 rings (SSSR count). The molecule has 0 unspecified atom stereocenters. The summed E-state index contributed by atoms with van der Waals surface area (Å²) in [7, 11) is -2.61. The molecule has 0 saturated carbocycles. The van der Waals surface area contributed by atoms with Crippen LogP contribution in [-0.4, -0.2) is 31.6 Å². The minimum Gasteiger partial charge on any atom is -0.480 e. The summed E-state index contributed by atoms with van der Waals surface area (Å²) in [5.74, 6) is -1.07. The van der Waals surface area contributed by atoms with Gasteiger partial charge in [0.1, 0.15) is 5.69 Å². The fourth-order valence-corrected chi connectivity index (χ4v) is 3.19. The molecule has 2 N–H and O–H groups in total. The van der Waals surface area contributed by atoms with Crippen molar-refractivity contribution in [2.24, 2.45) is 0 Å². The first-order valence-electron chi connectivity index (χ1n) is 7.45. The zero-order valence-electron chi connectivity index (χ0n) is 14.4. The first-order chi connectivity index (χ1) is 11.5. The van der Waals surface area contributed by atoms with E-state index in [2.05, 4.69) is 9.71 Å². The Labute approximate surface area is 146 Å². The first kappa shape index (κ1) is 18.7. The van der Waals surface area contributed by atoms with Crippen LogP contribution < -0.4 is 9.46 Å². The summed E-state index contributed by atoms with van der Waals surface area (Å²) in [5.41, 5.74) is 0.667. The van der Waals surface area contributed by atoms with Crippen molar-refractivity contribution >= 4 is 21.7 Å². The molecule has 1 heterocycles. The standard InChI is InChI=1S/C17H20N2O5S/c1-17(2,3)12-9-14(15(24-4)18-10-12)19-25(22,23)13-7-5-6-11(8-13)16(20)21/h5-10,19H,1-4H3,(H,20,21). The average Bonchev–Trinajstić information content (AvgIpc) is 2.53. The molecule has 25 heavy (non-hydrogen) atoms. The Bertz CT molecular complexity index is 901. The minimum atomic E-state index is -4.00. The molecular weight excluding hydrogens is 344 g/mol. The number of carboxylic acid groups (broad SMARTS) is 1. The number of anilines is 1. The minimum absolute atomic E-state index is 0.114. The summed E-state index contributed by atoms with van der Waals surface area (Å²) in [4.78, 5) is 15.0. The van der Waals surface area contributed by atoms with E-state index in [0.717, 1.165) is 11.6 Å². The SMILES string of the molecule is COc1ncc(C(C)(C)C)cc1NS(=O)(=O)c1cccc(C(=O)O)c1. The number of methoxy groups -OCH3 is 1. The molecule has 0 bridgehead atoms. The van der Waals surface area contributed by atoms with Crippen LogP contribution in [0.3, 0.4) is 0 Å². The fraction of sp³-hybridized carbons (Fsp3) is 0.294. The molecule has 1 aromatic carbocycles. The molecule has 2 aromatic rings.